The van der Waals surface area contributed by atoms with Gasteiger partial charge in [-0.2, -0.15) is 0 Å². The van der Waals surface area contributed by atoms with Gasteiger partial charge < -0.3 is 19.5 Å². The molecule has 4 nitrogen and oxygen atoms in total. The zero-order valence-electron chi connectivity index (χ0n) is 21.9. The molecule has 0 amide bonds. The van der Waals surface area contributed by atoms with E-state index in [4.69, 9.17) is 21.9 Å². The Bertz CT molecular complexity index is 1060. The monoisotopic (exact) mass is 309 g/mol. The molecule has 5 rings (SSSR count). The third-order valence-corrected chi connectivity index (χ3v) is 5.36. The number of ether oxygens (including phenoxy) is 2. The molecule has 0 aromatic heterocycles. The van der Waals surface area contributed by atoms with Crippen molar-refractivity contribution in [2.45, 2.75) is 36.4 Å². The van der Waals surface area contributed by atoms with Crippen LogP contribution in [0, 0.1) is 5.92 Å². The summed E-state index contributed by atoms with van der Waals surface area (Å²) in [6.07, 6.45) is -3.81. The van der Waals surface area contributed by atoms with E-state index in [1.807, 2.05) is 0 Å². The number of rotatable bonds is 2. The zero-order chi connectivity index (χ0) is 23.6. The maximum atomic E-state index is 9.31. The first kappa shape index (κ1) is 6.54. The van der Waals surface area contributed by atoms with Crippen LogP contribution in [0.3, 0.4) is 0 Å². The molecule has 22 heavy (non-hydrogen) atoms. The molecule has 1 aromatic rings. The molecule has 4 aliphatic rings. The van der Waals surface area contributed by atoms with E-state index >= 15 is 0 Å². The molecule has 1 spiro atoms. The van der Waals surface area contributed by atoms with Gasteiger partial charge in [-0.1, -0.05) is 18.2 Å². The molecule has 1 fully saturated rings. The van der Waals surface area contributed by atoms with Crippen LogP contribution in [-0.2, 0) is 11.8 Å². The molecule has 1 N–H and O–H groups in total. The second-order valence-corrected chi connectivity index (χ2v) is 6.23. The molecular weight excluding hydrogens is 278 g/mol. The average molecular weight is 309 g/mol. The highest BCUT2D eigenvalue weighted by Crippen LogP contribution is 2.62. The van der Waals surface area contributed by atoms with Gasteiger partial charge in [0.1, 0.15) is 12.2 Å². The number of piperidine rings is 1. The van der Waals surface area contributed by atoms with Gasteiger partial charge in [0.15, 0.2) is 11.5 Å². The van der Waals surface area contributed by atoms with E-state index in [1.165, 1.54) is 6.08 Å². The second-order valence-electron chi connectivity index (χ2n) is 6.23. The van der Waals surface area contributed by atoms with Crippen molar-refractivity contribution >= 4 is 0 Å². The molecule has 4 heteroatoms. The molecule has 0 radical (unpaired) electrons. The van der Waals surface area contributed by atoms with Gasteiger partial charge in [0.05, 0.1) is 16.6 Å². The Labute approximate surface area is 144 Å². The summed E-state index contributed by atoms with van der Waals surface area (Å²) >= 11 is 0. The van der Waals surface area contributed by atoms with E-state index in [-0.39, 0.29) is 23.3 Å². The summed E-state index contributed by atoms with van der Waals surface area (Å²) in [7, 11) is -1.26. The molecule has 1 aromatic carbocycles. The van der Waals surface area contributed by atoms with Gasteiger partial charge in [-0.25, -0.2) is 0 Å². The highest BCUT2D eigenvalue weighted by atomic mass is 16.5. The number of benzene rings is 1. The fourth-order valence-electron chi connectivity index (χ4n) is 4.39. The Hall–Kier alpha value is -1.52. The predicted octanol–water partition coefficient (Wildman–Crippen LogP) is 1.50. The molecule has 5 atom stereocenters. The van der Waals surface area contributed by atoms with Crippen LogP contribution in [0.4, 0.5) is 0 Å². The number of likely N-dealkylation sites (N-methyl/N-ethyl adjacent to an activating group) is 1. The fraction of sp³-hybridized carbons (Fsp3) is 0.556. The highest BCUT2D eigenvalue weighted by molar-refractivity contribution is 5.62. The number of nitrogens with zero attached hydrogens (tertiary/aromatic N) is 1. The third-order valence-electron chi connectivity index (χ3n) is 5.36. The van der Waals surface area contributed by atoms with Gasteiger partial charge in [-0.3, -0.25) is 0 Å². The van der Waals surface area contributed by atoms with Crippen molar-refractivity contribution in [2.75, 3.05) is 20.6 Å². The van der Waals surface area contributed by atoms with Gasteiger partial charge in [0, 0.05) is 25.7 Å². The van der Waals surface area contributed by atoms with Gasteiger partial charge in [-0.05, 0) is 38.0 Å². The van der Waals surface area contributed by atoms with Gasteiger partial charge in [-0.15, -0.1) is 0 Å². The van der Waals surface area contributed by atoms with Crippen molar-refractivity contribution in [3.05, 3.63) is 35.4 Å². The van der Waals surface area contributed by atoms with E-state index in [0.29, 0.717) is 6.54 Å². The smallest absolute Gasteiger partial charge is 0.211 e. The number of likely N-dealkylation sites (tertiary alicyclic amines) is 1. The van der Waals surface area contributed by atoms with Gasteiger partial charge in [0.2, 0.25) is 1.43 Å². The van der Waals surface area contributed by atoms with Crippen LogP contribution in [0.25, 0.3) is 0 Å². The van der Waals surface area contributed by atoms with Gasteiger partial charge in [0.25, 0.3) is 0 Å². The summed E-state index contributed by atoms with van der Waals surface area (Å²) in [5.41, 5.74) is -1.50. The van der Waals surface area contributed by atoms with Crippen molar-refractivity contribution in [3.8, 4) is 11.5 Å². The first-order valence-corrected chi connectivity index (χ1v) is 7.26. The van der Waals surface area contributed by atoms with Crippen LogP contribution in [0.15, 0.2) is 24.2 Å². The average Bonchev–Trinajstić information content (AvgIpc) is 2.95. The lowest BCUT2D eigenvalue weighted by atomic mass is 9.53. The molecule has 116 valence electrons. The Morgan fingerprint density at radius 2 is 2.59 bits per heavy atom. The lowest BCUT2D eigenvalue weighted by Crippen LogP contribution is -2.64. The summed E-state index contributed by atoms with van der Waals surface area (Å²) in [6.45, 7) is 0.330. The minimum atomic E-state index is -3.00. The Balaban J connectivity index is 1.95. The first-order chi connectivity index (χ1) is 14.7. The summed E-state index contributed by atoms with van der Waals surface area (Å²) in [6, 6.07) is -2.06. The molecule has 2 unspecified atom stereocenters. The summed E-state index contributed by atoms with van der Waals surface area (Å²) in [4.78, 5) is 1.79. The summed E-state index contributed by atoms with van der Waals surface area (Å²) in [5.74, 6) is -1.61. The minimum Gasteiger partial charge on any atom is -0.493 e. The largest absolute Gasteiger partial charge is 0.493 e. The second kappa shape index (κ2) is 4.06. The highest BCUT2D eigenvalue weighted by Gasteiger charge is 2.64. The van der Waals surface area contributed by atoms with Crippen LogP contribution in [0.1, 0.15) is 29.9 Å². The van der Waals surface area contributed by atoms with E-state index < -0.39 is 60.8 Å². The number of methoxy groups -OCH3 is 1. The topological polar surface area (TPSA) is 41.9 Å². The van der Waals surface area contributed by atoms with Crippen molar-refractivity contribution < 1.29 is 26.9 Å². The van der Waals surface area contributed by atoms with Crippen LogP contribution in [-0.4, -0.2) is 50.3 Å². The summed E-state index contributed by atoms with van der Waals surface area (Å²) in [5, 5.41) is 4.67. The third kappa shape index (κ3) is 1.28. The van der Waals surface area contributed by atoms with E-state index in [9.17, 15) is 1.37 Å². The number of hydrogen-bond donors (Lipinski definition) is 1. The van der Waals surface area contributed by atoms with Crippen LogP contribution in [0.5, 0.6) is 11.5 Å². The lowest BCUT2D eigenvalue weighted by Gasteiger charge is -2.56. The van der Waals surface area contributed by atoms with Crippen molar-refractivity contribution in [1.82, 2.24) is 4.90 Å². The van der Waals surface area contributed by atoms with Crippen molar-refractivity contribution in [2.24, 2.45) is 5.92 Å². The molecular formula is C18H21NO3. The zero-order valence-corrected chi connectivity index (χ0v) is 11.9. The minimum absolute atomic E-state index is 0.0742. The lowest BCUT2D eigenvalue weighted by molar-refractivity contribution is -0.0453. The standard InChI is InChI=1S/C18H21NO3/c1-19-8-7-18-11-4-5-13(20)17(18)22-16-14(21-2)6-3-10(15(16)18)9-12(11)19/h3-6,11-13,17,20H,7-9H2,1-2H3/t11-,12+,13?,17?,18-/m0/s1/i2D3,3D,6D,9D2,13D,17D,20D. The first-order valence-electron chi connectivity index (χ1n) is 12.2. The number of hydrogen-bond acceptors (Lipinski definition) is 4. The molecule has 2 bridgehead atoms. The van der Waals surface area contributed by atoms with Gasteiger partial charge >= 0.3 is 0 Å². The number of aliphatic hydroxyl groups is 1. The van der Waals surface area contributed by atoms with E-state index in [1.54, 1.807) is 18.0 Å². The maximum absolute atomic E-state index is 9.31. The quantitative estimate of drug-likeness (QED) is 0.841. The Morgan fingerprint density at radius 3 is 3.45 bits per heavy atom. The van der Waals surface area contributed by atoms with E-state index in [0.717, 1.165) is 0 Å². The van der Waals surface area contributed by atoms with Crippen LogP contribution >= 0.6 is 0 Å². The maximum Gasteiger partial charge on any atom is 0.211 e. The van der Waals surface area contributed by atoms with Crippen molar-refractivity contribution in [1.29, 1.82) is 1.43 Å². The Morgan fingerprint density at radius 1 is 1.64 bits per heavy atom. The van der Waals surface area contributed by atoms with E-state index in [2.05, 4.69) is 5.11 Å². The van der Waals surface area contributed by atoms with Crippen LogP contribution in [0.2, 0.25) is 0 Å². The molecule has 1 saturated heterocycles. The van der Waals surface area contributed by atoms with Crippen LogP contribution < -0.4 is 9.47 Å². The molecule has 2 aliphatic carbocycles. The van der Waals surface area contributed by atoms with Crippen molar-refractivity contribution in [3.63, 3.8) is 0 Å². The fourth-order valence-corrected chi connectivity index (χ4v) is 4.39. The molecule has 2 heterocycles. The predicted molar refractivity (Wildman–Crippen MR) is 82.5 cm³/mol. The molecule has 2 aliphatic heterocycles. The normalized spacial score (nSPS) is 57.1. The SMILES string of the molecule is [2H]OC1([2H])C=C[C@H]2[C@@H]3N(C)CC[C@@]24c2c(c(OC([2H])([2H])[2H])c([2H])c([2H])c2C3([2H])[2H])OC14[2H]. The summed E-state index contributed by atoms with van der Waals surface area (Å²) < 4.78 is 93.9. The Kier molecular flexibility index (Phi) is 1.21. The molecule has 0 saturated carbocycles.